The lowest BCUT2D eigenvalue weighted by Gasteiger charge is -2.17. The van der Waals surface area contributed by atoms with Gasteiger partial charge in [-0.15, -0.1) is 0 Å². The monoisotopic (exact) mass is 421 g/mol. The Labute approximate surface area is 178 Å². The maximum atomic E-state index is 12.1. The minimum Gasteiger partial charge on any atom is -0.445 e. The van der Waals surface area contributed by atoms with Crippen molar-refractivity contribution < 1.29 is 24.2 Å². The molecule has 0 aliphatic heterocycles. The zero-order valence-corrected chi connectivity index (χ0v) is 17.8. The predicted octanol–water partition coefficient (Wildman–Crippen LogP) is 2.38. The van der Waals surface area contributed by atoms with Gasteiger partial charge in [0.15, 0.2) is 0 Å². The second kappa shape index (κ2) is 15.3. The molecule has 30 heavy (non-hydrogen) atoms. The normalized spacial score (nSPS) is 12.6. The zero-order chi connectivity index (χ0) is 22.2. The molecule has 1 aromatic carbocycles. The number of benzene rings is 1. The Morgan fingerprint density at radius 3 is 2.40 bits per heavy atom. The van der Waals surface area contributed by atoms with Gasteiger partial charge in [-0.05, 0) is 12.0 Å². The van der Waals surface area contributed by atoms with Gasteiger partial charge in [0, 0.05) is 6.54 Å². The molecule has 8 nitrogen and oxygen atoms in total. The van der Waals surface area contributed by atoms with E-state index in [-0.39, 0.29) is 19.6 Å². The van der Waals surface area contributed by atoms with E-state index in [9.17, 15) is 19.5 Å². The first-order chi connectivity index (χ1) is 14.4. The van der Waals surface area contributed by atoms with Crippen molar-refractivity contribution in [3.05, 3.63) is 35.9 Å². The molecule has 2 atom stereocenters. The summed E-state index contributed by atoms with van der Waals surface area (Å²) in [6.07, 6.45) is 4.85. The molecule has 0 bridgehead atoms. The number of unbranched alkanes of at least 4 members (excludes halogenated alkanes) is 5. The third-order valence-electron chi connectivity index (χ3n) is 4.64. The summed E-state index contributed by atoms with van der Waals surface area (Å²) in [4.78, 5) is 35.3. The lowest BCUT2D eigenvalue weighted by atomic mass is 10.0. The molecule has 8 heteroatoms. The smallest absolute Gasteiger partial charge is 0.407 e. The molecule has 0 saturated heterocycles. The van der Waals surface area contributed by atoms with Gasteiger partial charge in [-0.2, -0.15) is 0 Å². The van der Waals surface area contributed by atoms with Gasteiger partial charge in [0.05, 0.1) is 12.5 Å². The number of hydrogen-bond acceptors (Lipinski definition) is 5. The Hall–Kier alpha value is -2.61. The summed E-state index contributed by atoms with van der Waals surface area (Å²) in [7, 11) is 0. The van der Waals surface area contributed by atoms with E-state index in [1.54, 1.807) is 0 Å². The highest BCUT2D eigenvalue weighted by Crippen LogP contribution is 2.09. The molecule has 5 N–H and O–H groups in total. The highest BCUT2D eigenvalue weighted by Gasteiger charge is 2.20. The fraction of sp³-hybridized carbons (Fsp3) is 0.591. The SMILES string of the molecule is CCCCCCCC[C@@H](NC(=O)C[C@H](O)CNC(=O)OCc1ccccc1)C(N)=O. The molecule has 0 heterocycles. The number of nitrogens with one attached hydrogen (secondary N) is 2. The lowest BCUT2D eigenvalue weighted by molar-refractivity contribution is -0.128. The van der Waals surface area contributed by atoms with Crippen LogP contribution in [-0.2, 0) is 20.9 Å². The maximum Gasteiger partial charge on any atom is 0.407 e. The Kier molecular flexibility index (Phi) is 12.9. The van der Waals surface area contributed by atoms with Crippen molar-refractivity contribution in [3.63, 3.8) is 0 Å². The van der Waals surface area contributed by atoms with Crippen LogP contribution in [0, 0.1) is 0 Å². The van der Waals surface area contributed by atoms with Crippen LogP contribution in [0.5, 0.6) is 0 Å². The molecule has 0 unspecified atom stereocenters. The van der Waals surface area contributed by atoms with E-state index in [4.69, 9.17) is 10.5 Å². The maximum absolute atomic E-state index is 12.1. The van der Waals surface area contributed by atoms with Crippen LogP contribution in [0.2, 0.25) is 0 Å². The van der Waals surface area contributed by atoms with Crippen molar-refractivity contribution in [2.45, 2.75) is 77.0 Å². The van der Waals surface area contributed by atoms with Crippen molar-refractivity contribution in [2.75, 3.05) is 6.54 Å². The number of aliphatic hydroxyl groups is 1. The number of carbonyl (C=O) groups excluding carboxylic acids is 3. The van der Waals surface area contributed by atoms with E-state index < -0.39 is 30.1 Å². The van der Waals surface area contributed by atoms with Crippen LogP contribution in [0.25, 0.3) is 0 Å². The number of alkyl carbamates (subject to hydrolysis) is 1. The predicted molar refractivity (Wildman–Crippen MR) is 114 cm³/mol. The molecule has 168 valence electrons. The highest BCUT2D eigenvalue weighted by atomic mass is 16.5. The summed E-state index contributed by atoms with van der Waals surface area (Å²) in [6.45, 7) is 2.12. The van der Waals surface area contributed by atoms with E-state index in [1.165, 1.54) is 12.8 Å². The van der Waals surface area contributed by atoms with Crippen LogP contribution in [-0.4, -0.2) is 41.7 Å². The van der Waals surface area contributed by atoms with Gasteiger partial charge >= 0.3 is 6.09 Å². The van der Waals surface area contributed by atoms with Gasteiger partial charge < -0.3 is 26.2 Å². The van der Waals surface area contributed by atoms with Crippen LogP contribution in [0.3, 0.4) is 0 Å². The average Bonchev–Trinajstić information content (AvgIpc) is 2.72. The summed E-state index contributed by atoms with van der Waals surface area (Å²) in [5, 5.41) is 14.9. The van der Waals surface area contributed by atoms with Gasteiger partial charge in [0.25, 0.3) is 0 Å². The van der Waals surface area contributed by atoms with Crippen LogP contribution < -0.4 is 16.4 Å². The van der Waals surface area contributed by atoms with Crippen molar-refractivity contribution in [2.24, 2.45) is 5.73 Å². The topological polar surface area (TPSA) is 131 Å². The summed E-state index contributed by atoms with van der Waals surface area (Å²) >= 11 is 0. The molecule has 0 aromatic heterocycles. The number of ether oxygens (including phenoxy) is 1. The first kappa shape index (κ1) is 25.4. The Morgan fingerprint density at radius 2 is 1.73 bits per heavy atom. The van der Waals surface area contributed by atoms with Crippen LogP contribution in [0.1, 0.15) is 63.9 Å². The fourth-order valence-electron chi connectivity index (χ4n) is 2.93. The summed E-state index contributed by atoms with van der Waals surface area (Å²) < 4.78 is 5.04. The third kappa shape index (κ3) is 12.1. The molecule has 1 rings (SSSR count). The number of rotatable bonds is 15. The van der Waals surface area contributed by atoms with E-state index >= 15 is 0 Å². The van der Waals surface area contributed by atoms with Gasteiger partial charge in [-0.25, -0.2) is 4.79 Å². The van der Waals surface area contributed by atoms with Gasteiger partial charge in [-0.3, -0.25) is 9.59 Å². The van der Waals surface area contributed by atoms with Crippen molar-refractivity contribution in [1.29, 1.82) is 0 Å². The molecule has 0 saturated carbocycles. The standard InChI is InChI=1S/C22H35N3O5/c1-2-3-4-5-6-10-13-19(21(23)28)25-20(27)14-18(26)15-24-22(29)30-16-17-11-8-7-9-12-17/h7-9,11-12,18-19,26H,2-6,10,13-16H2,1H3,(H2,23,28)(H,24,29)(H,25,27)/t18-,19+/m0/s1. The van der Waals surface area contributed by atoms with Gasteiger partial charge in [0.2, 0.25) is 11.8 Å². The number of aliphatic hydroxyl groups excluding tert-OH is 1. The first-order valence-electron chi connectivity index (χ1n) is 10.6. The van der Waals surface area contributed by atoms with Crippen LogP contribution >= 0.6 is 0 Å². The molecule has 0 spiro atoms. The Morgan fingerprint density at radius 1 is 1.07 bits per heavy atom. The number of primary amides is 1. The molecule has 3 amide bonds. The molecule has 0 aliphatic carbocycles. The van der Waals surface area contributed by atoms with Crippen molar-refractivity contribution in [1.82, 2.24) is 10.6 Å². The van der Waals surface area contributed by atoms with E-state index in [0.29, 0.717) is 6.42 Å². The quantitative estimate of drug-likeness (QED) is 0.323. The largest absolute Gasteiger partial charge is 0.445 e. The Balaban J connectivity index is 2.23. The number of amides is 3. The zero-order valence-electron chi connectivity index (χ0n) is 17.8. The summed E-state index contributed by atoms with van der Waals surface area (Å²) in [5.41, 5.74) is 6.21. The lowest BCUT2D eigenvalue weighted by Crippen LogP contribution is -2.46. The summed E-state index contributed by atoms with van der Waals surface area (Å²) in [6, 6.07) is 8.44. The van der Waals surface area contributed by atoms with E-state index in [1.807, 2.05) is 30.3 Å². The second-order valence-corrected chi connectivity index (χ2v) is 7.38. The first-order valence-corrected chi connectivity index (χ1v) is 10.6. The van der Waals surface area contributed by atoms with Gasteiger partial charge in [-0.1, -0.05) is 75.8 Å². The molecular weight excluding hydrogens is 386 g/mol. The van der Waals surface area contributed by atoms with Crippen molar-refractivity contribution >= 4 is 17.9 Å². The highest BCUT2D eigenvalue weighted by molar-refractivity contribution is 5.86. The van der Waals surface area contributed by atoms with E-state index in [0.717, 1.165) is 31.2 Å². The Bertz CT molecular complexity index is 639. The fourth-order valence-corrected chi connectivity index (χ4v) is 2.93. The average molecular weight is 422 g/mol. The summed E-state index contributed by atoms with van der Waals surface area (Å²) in [5.74, 6) is -1.08. The van der Waals surface area contributed by atoms with Gasteiger partial charge in [0.1, 0.15) is 12.6 Å². The molecular formula is C22H35N3O5. The van der Waals surface area contributed by atoms with Crippen molar-refractivity contribution in [3.8, 4) is 0 Å². The number of carbonyl (C=O) groups is 3. The van der Waals surface area contributed by atoms with Crippen LogP contribution in [0.4, 0.5) is 4.79 Å². The minimum atomic E-state index is -1.10. The molecule has 1 aromatic rings. The number of nitrogens with two attached hydrogens (primary N) is 1. The van der Waals surface area contributed by atoms with Crippen LogP contribution in [0.15, 0.2) is 30.3 Å². The molecule has 0 radical (unpaired) electrons. The minimum absolute atomic E-state index is 0.113. The molecule has 0 aliphatic rings. The molecule has 0 fully saturated rings. The second-order valence-electron chi connectivity index (χ2n) is 7.38. The third-order valence-corrected chi connectivity index (χ3v) is 4.64. The van der Waals surface area contributed by atoms with E-state index in [2.05, 4.69) is 17.6 Å². The number of hydrogen-bond donors (Lipinski definition) is 4.